The van der Waals surface area contributed by atoms with Crippen LogP contribution in [0.15, 0.2) is 34.7 Å². The number of benzene rings is 1. The first-order valence-corrected chi connectivity index (χ1v) is 6.30. The molecule has 0 saturated carbocycles. The summed E-state index contributed by atoms with van der Waals surface area (Å²) in [5, 5.41) is 13.8. The molecule has 2 heterocycles. The van der Waals surface area contributed by atoms with Crippen molar-refractivity contribution in [3.63, 3.8) is 0 Å². The van der Waals surface area contributed by atoms with Gasteiger partial charge in [-0.05, 0) is 29.8 Å². The first kappa shape index (κ1) is 12.8. The van der Waals surface area contributed by atoms with Gasteiger partial charge in [-0.25, -0.2) is 0 Å². The fourth-order valence-electron chi connectivity index (χ4n) is 2.44. The number of rotatable bonds is 4. The predicted molar refractivity (Wildman–Crippen MR) is 71.2 cm³/mol. The summed E-state index contributed by atoms with van der Waals surface area (Å²) in [6, 6.07) is 8.86. The van der Waals surface area contributed by atoms with E-state index in [0.29, 0.717) is 19.0 Å². The lowest BCUT2D eigenvalue weighted by Crippen LogP contribution is -2.17. The molecule has 3 rings (SSSR count). The molecule has 1 unspecified atom stereocenters. The van der Waals surface area contributed by atoms with E-state index in [9.17, 15) is 10.1 Å². The lowest BCUT2D eigenvalue weighted by molar-refractivity contribution is -0.402. The fraction of sp³-hybridized carbons (Fsp3) is 0.286. The van der Waals surface area contributed by atoms with Crippen molar-refractivity contribution in [1.82, 2.24) is 5.32 Å². The molecule has 6 nitrogen and oxygen atoms in total. The Bertz CT molecular complexity index is 650. The normalized spacial score (nSPS) is 15.1. The van der Waals surface area contributed by atoms with Crippen LogP contribution >= 0.6 is 0 Å². The van der Waals surface area contributed by atoms with Gasteiger partial charge in [0.15, 0.2) is 0 Å². The SMILES string of the molecule is CNC(c1ccc2c(c1)COC2)c1ccc([N+](=O)[O-])o1. The summed E-state index contributed by atoms with van der Waals surface area (Å²) in [6.07, 6.45) is 0. The highest BCUT2D eigenvalue weighted by molar-refractivity contribution is 5.37. The molecule has 6 heteroatoms. The van der Waals surface area contributed by atoms with E-state index in [1.807, 2.05) is 12.1 Å². The molecule has 1 N–H and O–H groups in total. The van der Waals surface area contributed by atoms with Crippen molar-refractivity contribution in [2.75, 3.05) is 7.05 Å². The van der Waals surface area contributed by atoms with Crippen LogP contribution in [0, 0.1) is 10.1 Å². The largest absolute Gasteiger partial charge is 0.433 e. The molecule has 0 spiro atoms. The van der Waals surface area contributed by atoms with Gasteiger partial charge in [-0.3, -0.25) is 10.1 Å². The van der Waals surface area contributed by atoms with Crippen LogP contribution in [0.2, 0.25) is 0 Å². The molecule has 0 aliphatic carbocycles. The van der Waals surface area contributed by atoms with Crippen LogP contribution in [0.5, 0.6) is 0 Å². The average Bonchev–Trinajstić information content (AvgIpc) is 3.07. The third-order valence-electron chi connectivity index (χ3n) is 3.44. The molecule has 2 aromatic rings. The zero-order valence-electron chi connectivity index (χ0n) is 11.0. The highest BCUT2D eigenvalue weighted by Gasteiger charge is 2.21. The van der Waals surface area contributed by atoms with Gasteiger partial charge in [0.05, 0.1) is 25.3 Å². The molecule has 20 heavy (non-hydrogen) atoms. The fourth-order valence-corrected chi connectivity index (χ4v) is 2.44. The molecule has 1 aromatic heterocycles. The number of fused-ring (bicyclic) bond motifs is 1. The molecule has 0 amide bonds. The van der Waals surface area contributed by atoms with E-state index in [0.717, 1.165) is 11.1 Å². The van der Waals surface area contributed by atoms with Gasteiger partial charge in [-0.2, -0.15) is 0 Å². The number of hydrogen-bond acceptors (Lipinski definition) is 5. The summed E-state index contributed by atoms with van der Waals surface area (Å²) in [6.45, 7) is 1.25. The Labute approximate surface area is 115 Å². The van der Waals surface area contributed by atoms with Crippen molar-refractivity contribution >= 4 is 5.88 Å². The Hall–Kier alpha value is -2.18. The Morgan fingerprint density at radius 1 is 1.25 bits per heavy atom. The number of furan rings is 1. The van der Waals surface area contributed by atoms with Crippen LogP contribution < -0.4 is 5.32 Å². The quantitative estimate of drug-likeness (QED) is 0.684. The van der Waals surface area contributed by atoms with Crippen LogP contribution in [0.3, 0.4) is 0 Å². The average molecular weight is 274 g/mol. The summed E-state index contributed by atoms with van der Waals surface area (Å²) < 4.78 is 10.7. The van der Waals surface area contributed by atoms with Crippen molar-refractivity contribution in [2.45, 2.75) is 19.3 Å². The van der Waals surface area contributed by atoms with E-state index < -0.39 is 4.92 Å². The van der Waals surface area contributed by atoms with Crippen LogP contribution in [0.1, 0.15) is 28.5 Å². The van der Waals surface area contributed by atoms with Gasteiger partial charge in [0, 0.05) is 0 Å². The second-order valence-electron chi connectivity index (χ2n) is 4.68. The highest BCUT2D eigenvalue weighted by Crippen LogP contribution is 2.29. The molecule has 0 bridgehead atoms. The zero-order chi connectivity index (χ0) is 14.1. The molecule has 1 aliphatic rings. The summed E-state index contributed by atoms with van der Waals surface area (Å²) in [4.78, 5) is 10.2. The maximum atomic E-state index is 10.7. The molecular formula is C14H14N2O4. The lowest BCUT2D eigenvalue weighted by Gasteiger charge is -2.14. The first-order chi connectivity index (χ1) is 9.69. The van der Waals surface area contributed by atoms with Crippen molar-refractivity contribution in [2.24, 2.45) is 0 Å². The third-order valence-corrected chi connectivity index (χ3v) is 3.44. The van der Waals surface area contributed by atoms with Crippen LogP contribution in [-0.2, 0) is 18.0 Å². The maximum Gasteiger partial charge on any atom is 0.433 e. The summed E-state index contributed by atoms with van der Waals surface area (Å²) in [5.74, 6) is 0.280. The Morgan fingerprint density at radius 2 is 2.05 bits per heavy atom. The highest BCUT2D eigenvalue weighted by atomic mass is 16.6. The number of nitrogens with one attached hydrogen (secondary N) is 1. The summed E-state index contributed by atoms with van der Waals surface area (Å²) in [5.41, 5.74) is 3.35. The van der Waals surface area contributed by atoms with Crippen LogP contribution in [0.25, 0.3) is 0 Å². The minimum Gasteiger partial charge on any atom is -0.404 e. The molecule has 1 aromatic carbocycles. The van der Waals surface area contributed by atoms with E-state index in [2.05, 4.69) is 11.4 Å². The van der Waals surface area contributed by atoms with E-state index in [4.69, 9.17) is 9.15 Å². The van der Waals surface area contributed by atoms with Crippen molar-refractivity contribution in [3.05, 3.63) is 62.9 Å². The summed E-state index contributed by atoms with van der Waals surface area (Å²) in [7, 11) is 1.79. The number of hydrogen-bond donors (Lipinski definition) is 1. The lowest BCUT2D eigenvalue weighted by atomic mass is 10.00. The standard InChI is InChI=1S/C14H14N2O4/c1-15-14(12-4-5-13(20-12)16(17)18)9-2-3-10-7-19-8-11(10)6-9/h2-6,14-15H,7-8H2,1H3. The minimum absolute atomic E-state index is 0.213. The molecule has 104 valence electrons. The monoisotopic (exact) mass is 274 g/mol. The van der Waals surface area contributed by atoms with Gasteiger partial charge >= 0.3 is 5.88 Å². The van der Waals surface area contributed by atoms with Gasteiger partial charge in [0.1, 0.15) is 10.7 Å². The Morgan fingerprint density at radius 3 is 2.75 bits per heavy atom. The van der Waals surface area contributed by atoms with E-state index in [-0.39, 0.29) is 11.9 Å². The molecule has 0 fully saturated rings. The Balaban J connectivity index is 1.94. The van der Waals surface area contributed by atoms with Crippen molar-refractivity contribution in [1.29, 1.82) is 0 Å². The van der Waals surface area contributed by atoms with E-state index >= 15 is 0 Å². The number of ether oxygens (including phenoxy) is 1. The molecule has 0 radical (unpaired) electrons. The third kappa shape index (κ3) is 2.19. The summed E-state index contributed by atoms with van der Waals surface area (Å²) >= 11 is 0. The molecule has 1 aliphatic heterocycles. The smallest absolute Gasteiger partial charge is 0.404 e. The first-order valence-electron chi connectivity index (χ1n) is 6.30. The minimum atomic E-state index is -0.535. The molecular weight excluding hydrogens is 260 g/mol. The van der Waals surface area contributed by atoms with Crippen LogP contribution in [0.4, 0.5) is 5.88 Å². The van der Waals surface area contributed by atoms with Gasteiger partial charge in [-0.1, -0.05) is 18.2 Å². The Kier molecular flexibility index (Phi) is 3.25. The molecule has 0 saturated heterocycles. The molecule has 1 atom stereocenters. The topological polar surface area (TPSA) is 77.5 Å². The van der Waals surface area contributed by atoms with Gasteiger partial charge in [0.25, 0.3) is 0 Å². The van der Waals surface area contributed by atoms with E-state index in [1.165, 1.54) is 11.6 Å². The number of nitrogens with zero attached hydrogens (tertiary/aromatic N) is 1. The second-order valence-corrected chi connectivity index (χ2v) is 4.68. The van der Waals surface area contributed by atoms with Gasteiger partial charge < -0.3 is 14.5 Å². The van der Waals surface area contributed by atoms with Gasteiger partial charge in [0.2, 0.25) is 0 Å². The zero-order valence-corrected chi connectivity index (χ0v) is 11.0. The second kappa shape index (κ2) is 5.07. The van der Waals surface area contributed by atoms with E-state index in [1.54, 1.807) is 13.1 Å². The maximum absolute atomic E-state index is 10.7. The van der Waals surface area contributed by atoms with Crippen LogP contribution in [-0.4, -0.2) is 12.0 Å². The van der Waals surface area contributed by atoms with Crippen molar-refractivity contribution < 1.29 is 14.1 Å². The van der Waals surface area contributed by atoms with Crippen molar-refractivity contribution in [3.8, 4) is 0 Å². The number of nitro groups is 1. The van der Waals surface area contributed by atoms with Gasteiger partial charge in [-0.15, -0.1) is 0 Å². The predicted octanol–water partition coefficient (Wildman–Crippen LogP) is 2.53.